The Hall–Kier alpha value is -1.63. The van der Waals surface area contributed by atoms with Crippen molar-refractivity contribution in [1.82, 2.24) is 15.3 Å². The zero-order valence-electron chi connectivity index (χ0n) is 10.6. The molecule has 1 aliphatic heterocycles. The molecule has 1 aromatic heterocycles. The summed E-state index contributed by atoms with van der Waals surface area (Å²) in [5, 5.41) is 7.22. The minimum Gasteiger partial charge on any atom is -0.324 e. The van der Waals surface area contributed by atoms with Crippen LogP contribution in [0.15, 0.2) is 40.6 Å². The molecule has 1 atom stereocenters. The molecular formula is C13H11ClN4OS. The normalized spacial score (nSPS) is 16.9. The van der Waals surface area contributed by atoms with E-state index in [9.17, 15) is 4.79 Å². The van der Waals surface area contributed by atoms with Crippen LogP contribution in [-0.4, -0.2) is 22.9 Å². The lowest BCUT2D eigenvalue weighted by Crippen LogP contribution is -2.23. The molecule has 2 heterocycles. The summed E-state index contributed by atoms with van der Waals surface area (Å²) in [6, 6.07) is 5.16. The third-order valence-corrected chi connectivity index (χ3v) is 4.43. The molecule has 7 heteroatoms. The highest BCUT2D eigenvalue weighted by molar-refractivity contribution is 7.99. The van der Waals surface area contributed by atoms with Gasteiger partial charge in [-0.15, -0.1) is 0 Å². The number of hydrogen-bond donors (Lipinski definition) is 2. The molecule has 1 aliphatic rings. The molecule has 0 radical (unpaired) electrons. The van der Waals surface area contributed by atoms with Gasteiger partial charge in [0.25, 0.3) is 0 Å². The monoisotopic (exact) mass is 306 g/mol. The van der Waals surface area contributed by atoms with Crippen molar-refractivity contribution < 1.29 is 4.79 Å². The number of carbonyl (C=O) groups is 1. The molecule has 102 valence electrons. The maximum absolute atomic E-state index is 11.8. The van der Waals surface area contributed by atoms with Gasteiger partial charge < -0.3 is 10.6 Å². The number of rotatable bonds is 3. The number of benzene rings is 1. The van der Waals surface area contributed by atoms with Crippen LogP contribution in [0.25, 0.3) is 0 Å². The van der Waals surface area contributed by atoms with Crippen molar-refractivity contribution >= 4 is 35.0 Å². The lowest BCUT2D eigenvalue weighted by molar-refractivity contribution is -0.117. The van der Waals surface area contributed by atoms with E-state index in [2.05, 4.69) is 20.6 Å². The predicted molar refractivity (Wildman–Crippen MR) is 78.0 cm³/mol. The molecule has 0 saturated carbocycles. The molecule has 0 aliphatic carbocycles. The summed E-state index contributed by atoms with van der Waals surface area (Å²) in [4.78, 5) is 20.7. The second-order valence-corrected chi connectivity index (χ2v) is 5.70. The molecule has 1 unspecified atom stereocenters. The number of anilines is 1. The highest BCUT2D eigenvalue weighted by Gasteiger charge is 2.30. The molecule has 1 aromatic carbocycles. The molecule has 3 rings (SSSR count). The fraction of sp³-hybridized carbons (Fsp3) is 0.154. The second-order valence-electron chi connectivity index (χ2n) is 4.23. The van der Waals surface area contributed by atoms with E-state index in [1.54, 1.807) is 13.2 Å². The van der Waals surface area contributed by atoms with Crippen LogP contribution in [0.5, 0.6) is 0 Å². The fourth-order valence-electron chi connectivity index (χ4n) is 2.08. The predicted octanol–water partition coefficient (Wildman–Crippen LogP) is 2.49. The van der Waals surface area contributed by atoms with E-state index in [-0.39, 0.29) is 11.9 Å². The van der Waals surface area contributed by atoms with Crippen LogP contribution in [0.2, 0.25) is 5.02 Å². The lowest BCUT2D eigenvalue weighted by atomic mass is 10.1. The molecule has 20 heavy (non-hydrogen) atoms. The summed E-state index contributed by atoms with van der Waals surface area (Å²) in [5.41, 5.74) is 1.66. The molecule has 1 amide bonds. The van der Waals surface area contributed by atoms with Gasteiger partial charge in [-0.05, 0) is 25.2 Å². The molecule has 5 nitrogen and oxygen atoms in total. The first-order valence-corrected chi connectivity index (χ1v) is 7.14. The standard InChI is InChI=1S/C13H11ClN4OS/c1-15-12-7-4-8(14)10(5-9(7)18-13(12)19)20-11-2-3-16-6-17-11/h2-6,12,15H,1H3,(H,18,19). The van der Waals surface area contributed by atoms with Crippen molar-refractivity contribution in [1.29, 1.82) is 0 Å². The molecule has 0 saturated heterocycles. The Morgan fingerprint density at radius 1 is 1.45 bits per heavy atom. The van der Waals surface area contributed by atoms with Crippen LogP contribution in [0.1, 0.15) is 11.6 Å². The summed E-state index contributed by atoms with van der Waals surface area (Å²) in [6.45, 7) is 0. The average Bonchev–Trinajstić information content (AvgIpc) is 2.75. The first-order valence-electron chi connectivity index (χ1n) is 5.94. The van der Waals surface area contributed by atoms with Gasteiger partial charge in [-0.25, -0.2) is 9.97 Å². The zero-order valence-corrected chi connectivity index (χ0v) is 12.1. The van der Waals surface area contributed by atoms with Gasteiger partial charge in [-0.3, -0.25) is 4.79 Å². The average molecular weight is 307 g/mol. The Morgan fingerprint density at radius 3 is 3.00 bits per heavy atom. The minimum absolute atomic E-state index is 0.0669. The van der Waals surface area contributed by atoms with E-state index in [1.807, 2.05) is 18.2 Å². The maximum Gasteiger partial charge on any atom is 0.246 e. The van der Waals surface area contributed by atoms with Gasteiger partial charge in [-0.2, -0.15) is 0 Å². The maximum atomic E-state index is 11.8. The number of likely N-dealkylation sites (N-methyl/N-ethyl adjacent to an activating group) is 1. The van der Waals surface area contributed by atoms with Gasteiger partial charge in [-0.1, -0.05) is 23.4 Å². The van der Waals surface area contributed by atoms with E-state index in [0.29, 0.717) is 5.02 Å². The van der Waals surface area contributed by atoms with Gasteiger partial charge in [0, 0.05) is 22.3 Å². The van der Waals surface area contributed by atoms with Gasteiger partial charge in [0.05, 0.1) is 5.02 Å². The van der Waals surface area contributed by atoms with Gasteiger partial charge in [0.1, 0.15) is 17.4 Å². The highest BCUT2D eigenvalue weighted by atomic mass is 35.5. The van der Waals surface area contributed by atoms with E-state index in [4.69, 9.17) is 11.6 Å². The summed E-state index contributed by atoms with van der Waals surface area (Å²) < 4.78 is 0. The lowest BCUT2D eigenvalue weighted by Gasteiger charge is -2.09. The largest absolute Gasteiger partial charge is 0.324 e. The van der Waals surface area contributed by atoms with Crippen molar-refractivity contribution in [3.8, 4) is 0 Å². The molecule has 0 spiro atoms. The Balaban J connectivity index is 1.96. The molecule has 2 N–H and O–H groups in total. The Morgan fingerprint density at radius 2 is 2.30 bits per heavy atom. The summed E-state index contributed by atoms with van der Waals surface area (Å²) in [7, 11) is 1.75. The summed E-state index contributed by atoms with van der Waals surface area (Å²) >= 11 is 7.73. The van der Waals surface area contributed by atoms with Crippen molar-refractivity contribution in [2.24, 2.45) is 0 Å². The number of hydrogen-bond acceptors (Lipinski definition) is 5. The molecule has 2 aromatic rings. The van der Waals surface area contributed by atoms with E-state index >= 15 is 0 Å². The number of halogens is 1. The first kappa shape index (κ1) is 13.4. The third kappa shape index (κ3) is 2.37. The quantitative estimate of drug-likeness (QED) is 0.853. The molecular weight excluding hydrogens is 296 g/mol. The number of amides is 1. The fourth-order valence-corrected chi connectivity index (χ4v) is 3.15. The topological polar surface area (TPSA) is 66.9 Å². The van der Waals surface area contributed by atoms with Crippen LogP contribution in [0.3, 0.4) is 0 Å². The third-order valence-electron chi connectivity index (χ3n) is 2.99. The Labute approximate surface area is 125 Å². The van der Waals surface area contributed by atoms with Crippen LogP contribution in [0.4, 0.5) is 5.69 Å². The number of nitrogens with one attached hydrogen (secondary N) is 2. The number of aromatic nitrogens is 2. The van der Waals surface area contributed by atoms with Gasteiger partial charge in [0.2, 0.25) is 5.91 Å². The van der Waals surface area contributed by atoms with Crippen LogP contribution in [0, 0.1) is 0 Å². The minimum atomic E-state index is -0.347. The van der Waals surface area contributed by atoms with E-state index in [0.717, 1.165) is 21.2 Å². The van der Waals surface area contributed by atoms with Crippen molar-refractivity contribution in [3.05, 3.63) is 41.3 Å². The number of fused-ring (bicyclic) bond motifs is 1. The van der Waals surface area contributed by atoms with Crippen molar-refractivity contribution in [2.75, 3.05) is 12.4 Å². The summed E-state index contributed by atoms with van der Waals surface area (Å²) in [6.07, 6.45) is 3.16. The smallest absolute Gasteiger partial charge is 0.246 e. The van der Waals surface area contributed by atoms with Gasteiger partial charge in [0.15, 0.2) is 0 Å². The van der Waals surface area contributed by atoms with Crippen LogP contribution >= 0.6 is 23.4 Å². The second kappa shape index (κ2) is 5.40. The molecule has 0 bridgehead atoms. The summed E-state index contributed by atoms with van der Waals surface area (Å²) in [5.74, 6) is -0.0669. The number of nitrogens with zero attached hydrogens (tertiary/aromatic N) is 2. The van der Waals surface area contributed by atoms with E-state index in [1.165, 1.54) is 18.1 Å². The van der Waals surface area contributed by atoms with Crippen LogP contribution < -0.4 is 10.6 Å². The van der Waals surface area contributed by atoms with Gasteiger partial charge >= 0.3 is 0 Å². The zero-order chi connectivity index (χ0) is 14.1. The van der Waals surface area contributed by atoms with Crippen LogP contribution in [-0.2, 0) is 4.79 Å². The van der Waals surface area contributed by atoms with Crippen molar-refractivity contribution in [2.45, 2.75) is 16.0 Å². The Bertz CT molecular complexity index is 665. The first-order chi connectivity index (χ1) is 9.69. The SMILES string of the molecule is CNC1C(=O)Nc2cc(Sc3ccncn3)c(Cl)cc21. The Kier molecular flexibility index (Phi) is 3.60. The molecule has 0 fully saturated rings. The number of carbonyl (C=O) groups excluding carboxylic acids is 1. The van der Waals surface area contributed by atoms with E-state index < -0.39 is 0 Å². The highest BCUT2D eigenvalue weighted by Crippen LogP contribution is 2.40. The van der Waals surface area contributed by atoms with Crippen molar-refractivity contribution in [3.63, 3.8) is 0 Å².